The molecule has 0 aliphatic carbocycles. The molecule has 7 nitrogen and oxygen atoms in total. The van der Waals surface area contributed by atoms with Gasteiger partial charge in [0, 0.05) is 17.2 Å². The number of hydrogen-bond donors (Lipinski definition) is 0. The fourth-order valence-corrected chi connectivity index (χ4v) is 7.37. The first-order valence-electron chi connectivity index (χ1n) is 11.2. The lowest BCUT2D eigenvalue weighted by atomic mass is 10.2. The largest absolute Gasteiger partial charge is 0.281 e. The van der Waals surface area contributed by atoms with Crippen LogP contribution in [0.1, 0.15) is 24.1 Å². The van der Waals surface area contributed by atoms with Gasteiger partial charge in [0.15, 0.2) is 5.13 Å². The summed E-state index contributed by atoms with van der Waals surface area (Å²) in [4.78, 5) is 24.9. The van der Waals surface area contributed by atoms with Crippen molar-refractivity contribution >= 4 is 58.5 Å². The zero-order chi connectivity index (χ0) is 24.6. The topological polar surface area (TPSA) is 83.5 Å². The second-order valence-electron chi connectivity index (χ2n) is 8.44. The molecule has 0 saturated carbocycles. The van der Waals surface area contributed by atoms with E-state index in [4.69, 9.17) is 4.98 Å². The van der Waals surface area contributed by atoms with Crippen molar-refractivity contribution in [2.75, 3.05) is 11.4 Å². The van der Waals surface area contributed by atoms with Crippen LogP contribution in [0.3, 0.4) is 0 Å². The van der Waals surface area contributed by atoms with E-state index in [0.717, 1.165) is 20.3 Å². The average molecular weight is 572 g/mol. The van der Waals surface area contributed by atoms with Crippen LogP contribution < -0.4 is 4.90 Å². The Balaban J connectivity index is 1.52. The first-order chi connectivity index (χ1) is 16.8. The summed E-state index contributed by atoms with van der Waals surface area (Å²) >= 11 is 4.89. The van der Waals surface area contributed by atoms with E-state index >= 15 is 0 Å². The van der Waals surface area contributed by atoms with Gasteiger partial charge in [-0.05, 0) is 62.2 Å². The molecule has 180 valence electrons. The number of sulfonamides is 1. The molecule has 2 aromatic carbocycles. The zero-order valence-electron chi connectivity index (χ0n) is 19.0. The van der Waals surface area contributed by atoms with Crippen molar-refractivity contribution in [1.82, 2.24) is 14.3 Å². The van der Waals surface area contributed by atoms with Crippen LogP contribution in [-0.2, 0) is 21.4 Å². The van der Waals surface area contributed by atoms with Gasteiger partial charge in [0.1, 0.15) is 6.04 Å². The molecule has 0 N–H and O–H groups in total. The van der Waals surface area contributed by atoms with Crippen LogP contribution in [-0.4, -0.2) is 41.2 Å². The summed E-state index contributed by atoms with van der Waals surface area (Å²) in [6, 6.07) is 17.2. The highest BCUT2D eigenvalue weighted by atomic mass is 79.9. The molecule has 0 radical (unpaired) electrons. The third-order valence-electron chi connectivity index (χ3n) is 6.00. The van der Waals surface area contributed by atoms with E-state index in [-0.39, 0.29) is 17.3 Å². The second-order valence-corrected chi connectivity index (χ2v) is 12.3. The Kier molecular flexibility index (Phi) is 6.71. The van der Waals surface area contributed by atoms with E-state index in [1.165, 1.54) is 15.6 Å². The molecule has 1 fully saturated rings. The number of carbonyl (C=O) groups excluding carboxylic acids is 1. The minimum Gasteiger partial charge on any atom is -0.281 e. The summed E-state index contributed by atoms with van der Waals surface area (Å²) in [5, 5.41) is 0.522. The molecule has 4 aromatic rings. The highest BCUT2D eigenvalue weighted by Crippen LogP contribution is 2.34. The van der Waals surface area contributed by atoms with Crippen LogP contribution in [0.5, 0.6) is 0 Å². The molecule has 0 spiro atoms. The number of aryl methyl sites for hydroxylation is 1. The van der Waals surface area contributed by atoms with E-state index in [0.29, 0.717) is 30.2 Å². The summed E-state index contributed by atoms with van der Waals surface area (Å²) < 4.78 is 30.2. The number of thiazole rings is 1. The van der Waals surface area contributed by atoms with Crippen LogP contribution >= 0.6 is 27.3 Å². The lowest BCUT2D eigenvalue weighted by Gasteiger charge is -2.28. The summed E-state index contributed by atoms with van der Waals surface area (Å²) in [6.07, 6.45) is 2.75. The van der Waals surface area contributed by atoms with Crippen LogP contribution in [0.15, 0.2) is 76.2 Å². The van der Waals surface area contributed by atoms with Crippen LogP contribution in [0, 0.1) is 6.92 Å². The number of fused-ring (bicyclic) bond motifs is 1. The number of aromatic nitrogens is 2. The first-order valence-corrected chi connectivity index (χ1v) is 14.2. The summed E-state index contributed by atoms with van der Waals surface area (Å²) in [7, 11) is -3.82. The van der Waals surface area contributed by atoms with Crippen molar-refractivity contribution in [1.29, 1.82) is 0 Å². The third kappa shape index (κ3) is 4.88. The summed E-state index contributed by atoms with van der Waals surface area (Å²) in [5.41, 5.74) is 2.46. The van der Waals surface area contributed by atoms with Gasteiger partial charge in [0.2, 0.25) is 15.9 Å². The van der Waals surface area contributed by atoms with Crippen LogP contribution in [0.4, 0.5) is 5.13 Å². The number of benzene rings is 2. The Morgan fingerprint density at radius 2 is 1.97 bits per heavy atom. The average Bonchev–Trinajstić information content (AvgIpc) is 3.50. The highest BCUT2D eigenvalue weighted by Gasteiger charge is 2.42. The molecule has 10 heteroatoms. The van der Waals surface area contributed by atoms with Gasteiger partial charge in [0.05, 0.1) is 27.4 Å². The van der Waals surface area contributed by atoms with Gasteiger partial charge in [-0.3, -0.25) is 14.7 Å². The Hall–Kier alpha value is -2.66. The predicted molar refractivity (Wildman–Crippen MR) is 141 cm³/mol. The number of amides is 1. The summed E-state index contributed by atoms with van der Waals surface area (Å²) in [5.74, 6) is -0.290. The number of anilines is 1. The number of halogens is 1. The molecule has 1 aliphatic rings. The Morgan fingerprint density at radius 1 is 1.17 bits per heavy atom. The van der Waals surface area contributed by atoms with Gasteiger partial charge in [0.25, 0.3) is 0 Å². The molecule has 35 heavy (non-hydrogen) atoms. The van der Waals surface area contributed by atoms with Gasteiger partial charge in [-0.15, -0.1) is 0 Å². The molecule has 1 unspecified atom stereocenters. The molecule has 0 bridgehead atoms. The van der Waals surface area contributed by atoms with Gasteiger partial charge >= 0.3 is 0 Å². The molecular formula is C25H23BrN4O3S2. The molecule has 3 heterocycles. The monoisotopic (exact) mass is 570 g/mol. The third-order valence-corrected chi connectivity index (χ3v) is 9.46. The second kappa shape index (κ2) is 9.77. The lowest BCUT2D eigenvalue weighted by molar-refractivity contribution is -0.121. The smallest absolute Gasteiger partial charge is 0.247 e. The number of rotatable bonds is 6. The van der Waals surface area contributed by atoms with E-state index in [9.17, 15) is 13.2 Å². The minimum atomic E-state index is -3.82. The van der Waals surface area contributed by atoms with Gasteiger partial charge in [-0.2, -0.15) is 4.31 Å². The Labute approximate surface area is 216 Å². The molecule has 1 amide bonds. The van der Waals surface area contributed by atoms with E-state index in [1.807, 2.05) is 43.3 Å². The minimum absolute atomic E-state index is 0.198. The molecule has 1 atom stereocenters. The molecule has 2 aromatic heterocycles. The van der Waals surface area contributed by atoms with Crippen molar-refractivity contribution in [3.8, 4) is 0 Å². The maximum Gasteiger partial charge on any atom is 0.247 e. The van der Waals surface area contributed by atoms with Gasteiger partial charge in [-0.1, -0.05) is 51.0 Å². The van der Waals surface area contributed by atoms with Crippen molar-refractivity contribution < 1.29 is 13.2 Å². The SMILES string of the molecule is Cc1ccc(S(=O)(=O)N2CCCC2C(=O)N(Cc2ccccn2)c2nc3ccc(Br)cc3s2)cc1. The Morgan fingerprint density at radius 3 is 2.71 bits per heavy atom. The van der Waals surface area contributed by atoms with Crippen molar-refractivity contribution in [3.05, 3.63) is 82.6 Å². The van der Waals surface area contributed by atoms with Crippen molar-refractivity contribution in [3.63, 3.8) is 0 Å². The number of hydrogen-bond acceptors (Lipinski definition) is 6. The zero-order valence-corrected chi connectivity index (χ0v) is 22.2. The molecular weight excluding hydrogens is 548 g/mol. The first kappa shape index (κ1) is 24.1. The predicted octanol–water partition coefficient (Wildman–Crippen LogP) is 5.15. The Bertz CT molecular complexity index is 1470. The standard InChI is InChI=1S/C25H23BrN4O3S2/c1-17-7-10-20(11-8-17)35(32,33)30-14-4-6-22(30)24(31)29(16-19-5-2-3-13-27-19)25-28-21-12-9-18(26)15-23(21)34-25/h2-3,5,7-13,15,22H,4,6,14,16H2,1H3. The fraction of sp³-hybridized carbons (Fsp3) is 0.240. The van der Waals surface area contributed by atoms with E-state index in [2.05, 4.69) is 20.9 Å². The van der Waals surface area contributed by atoms with Gasteiger partial charge in [-0.25, -0.2) is 13.4 Å². The van der Waals surface area contributed by atoms with Gasteiger partial charge < -0.3 is 0 Å². The van der Waals surface area contributed by atoms with E-state index < -0.39 is 16.1 Å². The van der Waals surface area contributed by atoms with Crippen LogP contribution in [0.25, 0.3) is 10.2 Å². The molecule has 1 aliphatic heterocycles. The van der Waals surface area contributed by atoms with Crippen molar-refractivity contribution in [2.24, 2.45) is 0 Å². The normalized spacial score (nSPS) is 16.6. The maximum absolute atomic E-state index is 14.0. The van der Waals surface area contributed by atoms with Crippen molar-refractivity contribution in [2.45, 2.75) is 37.2 Å². The number of carbonyl (C=O) groups is 1. The molecule has 1 saturated heterocycles. The van der Waals surface area contributed by atoms with E-state index in [1.54, 1.807) is 35.4 Å². The fourth-order valence-electron chi connectivity index (χ4n) is 4.20. The highest BCUT2D eigenvalue weighted by molar-refractivity contribution is 9.10. The summed E-state index contributed by atoms with van der Waals surface area (Å²) in [6.45, 7) is 2.41. The lowest BCUT2D eigenvalue weighted by Crippen LogP contribution is -2.47. The number of nitrogens with zero attached hydrogens (tertiary/aromatic N) is 4. The maximum atomic E-state index is 14.0. The quantitative estimate of drug-likeness (QED) is 0.320. The number of pyridine rings is 1. The molecule has 5 rings (SSSR count). The van der Waals surface area contributed by atoms with Crippen LogP contribution in [0.2, 0.25) is 0 Å².